The Morgan fingerprint density at radius 1 is 1.10 bits per heavy atom. The van der Waals surface area contributed by atoms with E-state index in [-0.39, 0.29) is 11.2 Å². The number of carbonyl (C=O) groups is 1. The number of carbonyl (C=O) groups excluding carboxylic acids is 1. The molecule has 0 bridgehead atoms. The second kappa shape index (κ2) is 8.74. The first kappa shape index (κ1) is 21.0. The number of thiocarbonyl (C=S) groups is 1. The molecule has 0 radical (unpaired) electrons. The maximum Gasteiger partial charge on any atom is 0.168 e. The van der Waals surface area contributed by atoms with Crippen LogP contribution < -0.4 is 15.5 Å². The highest BCUT2D eigenvalue weighted by Crippen LogP contribution is 2.36. The molecule has 1 heterocycles. The molecular weight excluding hydrogens is 380 g/mol. The number of pyridine rings is 1. The number of hydrogen-bond donors (Lipinski definition) is 2. The maximum atomic E-state index is 13.0. The van der Waals surface area contributed by atoms with Crippen LogP contribution in [-0.4, -0.2) is 29.9 Å². The molecule has 1 aliphatic carbocycles. The predicted molar refractivity (Wildman–Crippen MR) is 123 cm³/mol. The summed E-state index contributed by atoms with van der Waals surface area (Å²) in [6.07, 6.45) is 4.81. The van der Waals surface area contributed by atoms with Crippen molar-refractivity contribution in [2.75, 3.05) is 24.3 Å². The average molecular weight is 409 g/mol. The van der Waals surface area contributed by atoms with Gasteiger partial charge in [0.1, 0.15) is 4.99 Å². The second-order valence-corrected chi connectivity index (χ2v) is 8.81. The van der Waals surface area contributed by atoms with Crippen molar-refractivity contribution in [2.45, 2.75) is 33.2 Å². The lowest BCUT2D eigenvalue weighted by Gasteiger charge is -2.33. The van der Waals surface area contributed by atoms with E-state index in [0.29, 0.717) is 23.5 Å². The number of ketones is 1. The van der Waals surface area contributed by atoms with E-state index in [1.807, 2.05) is 55.4 Å². The Balaban J connectivity index is 1.82. The molecule has 5 nitrogen and oxygen atoms in total. The number of allylic oxidation sites excluding steroid dienone is 1. The van der Waals surface area contributed by atoms with Crippen LogP contribution in [0.25, 0.3) is 0 Å². The maximum absolute atomic E-state index is 13.0. The van der Waals surface area contributed by atoms with Gasteiger partial charge in [-0.05, 0) is 53.8 Å². The van der Waals surface area contributed by atoms with Gasteiger partial charge in [0, 0.05) is 56.5 Å². The summed E-state index contributed by atoms with van der Waals surface area (Å²) in [7, 11) is 4.00. The number of benzene rings is 1. The smallest absolute Gasteiger partial charge is 0.168 e. The van der Waals surface area contributed by atoms with Gasteiger partial charge in [0.2, 0.25) is 0 Å². The normalized spacial score (nSPS) is 15.8. The standard InChI is InChI=1S/C23H28N4OS/c1-23(2)13-19(25-15-16-9-11-24-12-10-16)21(20(28)14-23)22(29)26-17-5-7-18(8-6-17)27(3)4/h5-12,25H,13-15H2,1-4H3,(H,26,29). The fourth-order valence-electron chi connectivity index (χ4n) is 3.48. The monoisotopic (exact) mass is 408 g/mol. The second-order valence-electron chi connectivity index (χ2n) is 8.40. The minimum absolute atomic E-state index is 0.0842. The van der Waals surface area contributed by atoms with Crippen LogP contribution >= 0.6 is 12.2 Å². The minimum Gasteiger partial charge on any atom is -0.384 e. The zero-order valence-corrected chi connectivity index (χ0v) is 18.3. The van der Waals surface area contributed by atoms with E-state index in [4.69, 9.17) is 12.2 Å². The third-order valence-electron chi connectivity index (χ3n) is 5.00. The molecule has 2 aromatic rings. The number of anilines is 2. The lowest BCUT2D eigenvalue weighted by molar-refractivity contribution is -0.117. The Bertz CT molecular complexity index is 918. The topological polar surface area (TPSA) is 57.3 Å². The molecule has 0 saturated carbocycles. The first-order valence-corrected chi connectivity index (χ1v) is 10.1. The van der Waals surface area contributed by atoms with Crippen LogP contribution in [0.15, 0.2) is 60.1 Å². The zero-order valence-electron chi connectivity index (χ0n) is 17.5. The number of hydrogen-bond acceptors (Lipinski definition) is 5. The number of Topliss-reactive ketones (excluding diaryl/α,β-unsaturated/α-hetero) is 1. The van der Waals surface area contributed by atoms with Crippen LogP contribution in [0.3, 0.4) is 0 Å². The van der Waals surface area contributed by atoms with E-state index in [0.717, 1.165) is 29.1 Å². The van der Waals surface area contributed by atoms with E-state index in [9.17, 15) is 4.79 Å². The van der Waals surface area contributed by atoms with Gasteiger partial charge in [0.15, 0.2) is 5.78 Å². The molecule has 0 aliphatic heterocycles. The third kappa shape index (κ3) is 5.41. The fraction of sp³-hybridized carbons (Fsp3) is 0.348. The van der Waals surface area contributed by atoms with Crippen molar-refractivity contribution in [3.8, 4) is 0 Å². The van der Waals surface area contributed by atoms with Gasteiger partial charge in [-0.2, -0.15) is 0 Å². The SMILES string of the molecule is CN(C)c1ccc(NC(=S)C2=C(NCc3ccncc3)CC(C)(C)CC2=O)cc1. The van der Waals surface area contributed by atoms with Crippen LogP contribution in [0.2, 0.25) is 0 Å². The molecule has 6 heteroatoms. The molecule has 29 heavy (non-hydrogen) atoms. The van der Waals surface area contributed by atoms with Crippen LogP contribution in [-0.2, 0) is 11.3 Å². The fourth-order valence-corrected chi connectivity index (χ4v) is 3.84. The summed E-state index contributed by atoms with van der Waals surface area (Å²) in [5, 5.41) is 6.71. The van der Waals surface area contributed by atoms with Gasteiger partial charge in [-0.15, -0.1) is 0 Å². The Hall–Kier alpha value is -2.73. The van der Waals surface area contributed by atoms with Crippen molar-refractivity contribution in [3.63, 3.8) is 0 Å². The average Bonchev–Trinajstić information content (AvgIpc) is 2.66. The highest BCUT2D eigenvalue weighted by Gasteiger charge is 2.34. The number of nitrogens with one attached hydrogen (secondary N) is 2. The van der Waals surface area contributed by atoms with E-state index < -0.39 is 0 Å². The number of nitrogens with zero attached hydrogens (tertiary/aromatic N) is 2. The summed E-state index contributed by atoms with van der Waals surface area (Å²) in [6, 6.07) is 11.9. The molecule has 152 valence electrons. The first-order chi connectivity index (χ1) is 13.7. The summed E-state index contributed by atoms with van der Waals surface area (Å²) in [4.78, 5) is 19.5. The molecule has 1 aromatic carbocycles. The zero-order chi connectivity index (χ0) is 21.0. The van der Waals surface area contributed by atoms with E-state index in [1.54, 1.807) is 12.4 Å². The highest BCUT2D eigenvalue weighted by atomic mass is 32.1. The van der Waals surface area contributed by atoms with Crippen LogP contribution in [0.5, 0.6) is 0 Å². The van der Waals surface area contributed by atoms with Gasteiger partial charge in [0.25, 0.3) is 0 Å². The van der Waals surface area contributed by atoms with E-state index in [2.05, 4.69) is 29.5 Å². The predicted octanol–water partition coefficient (Wildman–Crippen LogP) is 4.32. The van der Waals surface area contributed by atoms with Crippen LogP contribution in [0, 0.1) is 5.41 Å². The Kier molecular flexibility index (Phi) is 6.33. The lowest BCUT2D eigenvalue weighted by Crippen LogP contribution is -2.35. The Morgan fingerprint density at radius 3 is 2.38 bits per heavy atom. The minimum atomic E-state index is -0.0931. The van der Waals surface area contributed by atoms with E-state index >= 15 is 0 Å². The molecule has 3 rings (SSSR count). The summed E-state index contributed by atoms with van der Waals surface area (Å²) in [6.45, 7) is 4.86. The molecular formula is C23H28N4OS. The number of rotatable bonds is 6. The molecule has 1 aromatic heterocycles. The van der Waals surface area contributed by atoms with Crippen molar-refractivity contribution >= 4 is 34.4 Å². The lowest BCUT2D eigenvalue weighted by atomic mass is 9.75. The van der Waals surface area contributed by atoms with Crippen molar-refractivity contribution in [1.82, 2.24) is 10.3 Å². The summed E-state index contributed by atoms with van der Waals surface area (Å²) in [5.74, 6) is 0.0842. The van der Waals surface area contributed by atoms with Gasteiger partial charge in [-0.25, -0.2) is 0 Å². The molecule has 0 unspecified atom stereocenters. The molecule has 0 fully saturated rings. The quantitative estimate of drug-likeness (QED) is 0.694. The first-order valence-electron chi connectivity index (χ1n) is 9.73. The Labute approximate surface area is 178 Å². The van der Waals surface area contributed by atoms with Crippen LogP contribution in [0.1, 0.15) is 32.3 Å². The van der Waals surface area contributed by atoms with E-state index in [1.165, 1.54) is 0 Å². The van der Waals surface area contributed by atoms with Gasteiger partial charge in [-0.1, -0.05) is 26.1 Å². The summed E-state index contributed by atoms with van der Waals surface area (Å²) >= 11 is 5.65. The molecule has 0 atom stereocenters. The third-order valence-corrected chi connectivity index (χ3v) is 5.31. The van der Waals surface area contributed by atoms with Gasteiger partial charge >= 0.3 is 0 Å². The van der Waals surface area contributed by atoms with Crippen molar-refractivity contribution in [2.24, 2.45) is 5.41 Å². The highest BCUT2D eigenvalue weighted by molar-refractivity contribution is 7.81. The molecule has 0 saturated heterocycles. The summed E-state index contributed by atoms with van der Waals surface area (Å²) in [5.41, 5.74) is 4.51. The molecule has 1 aliphatic rings. The molecule has 0 spiro atoms. The van der Waals surface area contributed by atoms with Crippen molar-refractivity contribution in [1.29, 1.82) is 0 Å². The van der Waals surface area contributed by atoms with Gasteiger partial charge in [-0.3, -0.25) is 9.78 Å². The Morgan fingerprint density at radius 2 is 1.76 bits per heavy atom. The van der Waals surface area contributed by atoms with Gasteiger partial charge in [0.05, 0.1) is 5.57 Å². The summed E-state index contributed by atoms with van der Waals surface area (Å²) < 4.78 is 0. The van der Waals surface area contributed by atoms with Gasteiger partial charge < -0.3 is 15.5 Å². The van der Waals surface area contributed by atoms with Crippen molar-refractivity contribution < 1.29 is 4.79 Å². The number of aromatic nitrogens is 1. The van der Waals surface area contributed by atoms with Crippen LogP contribution in [0.4, 0.5) is 11.4 Å². The molecule has 0 amide bonds. The largest absolute Gasteiger partial charge is 0.384 e. The molecule has 2 N–H and O–H groups in total. The van der Waals surface area contributed by atoms with Crippen molar-refractivity contribution in [3.05, 3.63) is 65.6 Å².